The van der Waals surface area contributed by atoms with E-state index in [0.29, 0.717) is 31.1 Å². The van der Waals surface area contributed by atoms with E-state index < -0.39 is 0 Å². The van der Waals surface area contributed by atoms with Gasteiger partial charge in [0.15, 0.2) is 5.69 Å². The highest BCUT2D eigenvalue weighted by molar-refractivity contribution is 7.05. The van der Waals surface area contributed by atoms with Crippen LogP contribution in [0.3, 0.4) is 0 Å². The first-order valence-corrected chi connectivity index (χ1v) is 9.02. The third-order valence-electron chi connectivity index (χ3n) is 4.35. The first kappa shape index (κ1) is 16.6. The van der Waals surface area contributed by atoms with Gasteiger partial charge >= 0.3 is 0 Å². The van der Waals surface area contributed by atoms with Crippen molar-refractivity contribution in [3.8, 4) is 5.75 Å². The summed E-state index contributed by atoms with van der Waals surface area (Å²) in [6, 6.07) is 3.69. The highest BCUT2D eigenvalue weighted by Gasteiger charge is 2.33. The lowest BCUT2D eigenvalue weighted by molar-refractivity contribution is 0.0694. The average molecular weight is 370 g/mol. The number of carbonyl (C=O) groups excluding carboxylic acids is 1. The van der Waals surface area contributed by atoms with E-state index in [1.807, 2.05) is 32.3 Å². The van der Waals surface area contributed by atoms with Crippen molar-refractivity contribution in [2.24, 2.45) is 7.05 Å². The Balaban J connectivity index is 1.56. The highest BCUT2D eigenvalue weighted by atomic mass is 32.1. The number of pyridine rings is 1. The minimum atomic E-state index is -0.0999. The molecular weight excluding hydrogens is 352 g/mol. The zero-order valence-electron chi connectivity index (χ0n) is 14.5. The van der Waals surface area contributed by atoms with Gasteiger partial charge in [0.1, 0.15) is 5.75 Å². The second kappa shape index (κ2) is 6.83. The molecule has 1 atom stereocenters. The molecule has 0 spiro atoms. The maximum Gasteiger partial charge on any atom is 0.275 e. The summed E-state index contributed by atoms with van der Waals surface area (Å²) in [6.45, 7) is 3.33. The van der Waals surface area contributed by atoms with Gasteiger partial charge in [0.05, 0.1) is 29.3 Å². The van der Waals surface area contributed by atoms with Crippen LogP contribution in [0.4, 0.5) is 0 Å². The SMILES string of the molecule is Cc1snnc1C(=O)N1Cc2cn(C)nc2C(COc2cccnc2)C1. The van der Waals surface area contributed by atoms with Crippen LogP contribution < -0.4 is 4.74 Å². The Morgan fingerprint density at radius 2 is 2.35 bits per heavy atom. The number of carbonyl (C=O) groups is 1. The van der Waals surface area contributed by atoms with Crippen LogP contribution in [0, 0.1) is 6.92 Å². The molecule has 3 aromatic rings. The second-order valence-corrected chi connectivity index (χ2v) is 7.23. The molecule has 4 rings (SSSR count). The molecule has 0 saturated carbocycles. The Bertz CT molecular complexity index is 922. The summed E-state index contributed by atoms with van der Waals surface area (Å²) in [6.07, 6.45) is 5.34. The predicted molar refractivity (Wildman–Crippen MR) is 95.1 cm³/mol. The molecule has 1 aliphatic rings. The Morgan fingerprint density at radius 3 is 3.08 bits per heavy atom. The highest BCUT2D eigenvalue weighted by Crippen LogP contribution is 2.29. The summed E-state index contributed by atoms with van der Waals surface area (Å²) >= 11 is 1.24. The van der Waals surface area contributed by atoms with Gasteiger partial charge in [-0.3, -0.25) is 14.5 Å². The van der Waals surface area contributed by atoms with Crippen LogP contribution in [0.25, 0.3) is 0 Å². The molecule has 8 nitrogen and oxygen atoms in total. The normalized spacial score (nSPS) is 16.4. The Morgan fingerprint density at radius 1 is 1.46 bits per heavy atom. The third-order valence-corrected chi connectivity index (χ3v) is 4.98. The molecule has 1 amide bonds. The van der Waals surface area contributed by atoms with Gasteiger partial charge in [-0.1, -0.05) is 4.49 Å². The maximum absolute atomic E-state index is 12.9. The van der Waals surface area contributed by atoms with Gasteiger partial charge in [0.25, 0.3) is 5.91 Å². The second-order valence-electron chi connectivity index (χ2n) is 6.27. The molecule has 1 aliphatic heterocycles. The maximum atomic E-state index is 12.9. The smallest absolute Gasteiger partial charge is 0.275 e. The fraction of sp³-hybridized carbons (Fsp3) is 0.353. The van der Waals surface area contributed by atoms with Crippen molar-refractivity contribution >= 4 is 17.4 Å². The number of aromatic nitrogens is 5. The van der Waals surface area contributed by atoms with E-state index in [9.17, 15) is 4.79 Å². The molecule has 26 heavy (non-hydrogen) atoms. The van der Waals surface area contributed by atoms with Crippen LogP contribution >= 0.6 is 11.5 Å². The van der Waals surface area contributed by atoms with E-state index in [0.717, 1.165) is 16.1 Å². The number of aryl methyl sites for hydroxylation is 2. The van der Waals surface area contributed by atoms with Gasteiger partial charge in [0, 0.05) is 38.1 Å². The number of fused-ring (bicyclic) bond motifs is 1. The lowest BCUT2D eigenvalue weighted by Crippen LogP contribution is -2.40. The number of rotatable bonds is 4. The van der Waals surface area contributed by atoms with Crippen molar-refractivity contribution in [3.63, 3.8) is 0 Å². The quantitative estimate of drug-likeness (QED) is 0.696. The van der Waals surface area contributed by atoms with Crippen LogP contribution in [0.5, 0.6) is 5.75 Å². The Labute approximate surface area is 154 Å². The fourth-order valence-electron chi connectivity index (χ4n) is 3.14. The molecule has 0 bridgehead atoms. The Kier molecular flexibility index (Phi) is 4.37. The minimum Gasteiger partial charge on any atom is -0.491 e. The van der Waals surface area contributed by atoms with E-state index in [2.05, 4.69) is 19.7 Å². The van der Waals surface area contributed by atoms with Crippen LogP contribution in [0.1, 0.15) is 32.5 Å². The third kappa shape index (κ3) is 3.17. The number of amides is 1. The van der Waals surface area contributed by atoms with Crippen molar-refractivity contribution in [1.29, 1.82) is 0 Å². The van der Waals surface area contributed by atoms with Gasteiger partial charge in [-0.25, -0.2) is 0 Å². The minimum absolute atomic E-state index is 0.0176. The zero-order valence-corrected chi connectivity index (χ0v) is 15.3. The van der Waals surface area contributed by atoms with Crippen molar-refractivity contribution in [2.45, 2.75) is 19.4 Å². The first-order chi connectivity index (χ1) is 12.6. The van der Waals surface area contributed by atoms with E-state index in [-0.39, 0.29) is 11.8 Å². The van der Waals surface area contributed by atoms with Crippen molar-refractivity contribution < 1.29 is 9.53 Å². The van der Waals surface area contributed by atoms with Crippen molar-refractivity contribution in [1.82, 2.24) is 29.3 Å². The van der Waals surface area contributed by atoms with Crippen LogP contribution in [0.15, 0.2) is 30.7 Å². The predicted octanol–water partition coefficient (Wildman–Crippen LogP) is 1.79. The van der Waals surface area contributed by atoms with Crippen LogP contribution in [-0.4, -0.2) is 48.3 Å². The molecule has 4 heterocycles. The summed E-state index contributed by atoms with van der Waals surface area (Å²) in [4.78, 5) is 19.6. The first-order valence-electron chi connectivity index (χ1n) is 8.25. The van der Waals surface area contributed by atoms with Gasteiger partial charge in [-0.05, 0) is 30.6 Å². The standard InChI is InChI=1S/C17H18N6O2S/c1-11-15(19-21-26-11)17(24)23-8-12-7-22(2)20-16(12)13(9-23)10-25-14-4-3-5-18-6-14/h3-7,13H,8-10H2,1-2H3. The molecule has 0 saturated heterocycles. The molecule has 9 heteroatoms. The molecule has 0 aliphatic carbocycles. The monoisotopic (exact) mass is 370 g/mol. The number of hydrogen-bond donors (Lipinski definition) is 0. The average Bonchev–Trinajstić information content (AvgIpc) is 3.24. The van der Waals surface area contributed by atoms with Gasteiger partial charge < -0.3 is 9.64 Å². The van der Waals surface area contributed by atoms with Gasteiger partial charge in [-0.2, -0.15) is 5.10 Å². The fourth-order valence-corrected chi connectivity index (χ4v) is 3.60. The topological polar surface area (TPSA) is 86.0 Å². The molecule has 1 unspecified atom stereocenters. The molecule has 0 N–H and O–H groups in total. The number of ether oxygens (including phenoxy) is 1. The van der Waals surface area contributed by atoms with Crippen molar-refractivity contribution in [2.75, 3.05) is 13.2 Å². The molecular formula is C17H18N6O2S. The summed E-state index contributed by atoms with van der Waals surface area (Å²) in [5.74, 6) is 0.584. The van der Waals surface area contributed by atoms with E-state index in [1.54, 1.807) is 22.0 Å². The van der Waals surface area contributed by atoms with Crippen LogP contribution in [-0.2, 0) is 13.6 Å². The largest absolute Gasteiger partial charge is 0.491 e. The molecule has 0 aromatic carbocycles. The van der Waals surface area contributed by atoms with E-state index in [4.69, 9.17) is 4.74 Å². The van der Waals surface area contributed by atoms with Gasteiger partial charge in [-0.15, -0.1) is 5.10 Å². The van der Waals surface area contributed by atoms with Crippen LogP contribution in [0.2, 0.25) is 0 Å². The van der Waals surface area contributed by atoms with E-state index >= 15 is 0 Å². The van der Waals surface area contributed by atoms with Gasteiger partial charge in [0.2, 0.25) is 0 Å². The van der Waals surface area contributed by atoms with E-state index in [1.165, 1.54) is 11.5 Å². The molecule has 3 aromatic heterocycles. The lowest BCUT2D eigenvalue weighted by Gasteiger charge is -2.31. The summed E-state index contributed by atoms with van der Waals surface area (Å²) < 4.78 is 11.5. The molecule has 0 fully saturated rings. The van der Waals surface area contributed by atoms with Crippen molar-refractivity contribution in [3.05, 3.63) is 52.6 Å². The molecule has 0 radical (unpaired) electrons. The molecule has 134 valence electrons. The summed E-state index contributed by atoms with van der Waals surface area (Å²) in [5.41, 5.74) is 2.44. The number of nitrogens with zero attached hydrogens (tertiary/aromatic N) is 6. The summed E-state index contributed by atoms with van der Waals surface area (Å²) in [7, 11) is 1.89. The lowest BCUT2D eigenvalue weighted by atomic mass is 9.97. The Hall–Kier alpha value is -2.81. The number of hydrogen-bond acceptors (Lipinski definition) is 7. The summed E-state index contributed by atoms with van der Waals surface area (Å²) in [5, 5.41) is 8.56. The zero-order chi connectivity index (χ0) is 18.1.